The van der Waals surface area contributed by atoms with Crippen LogP contribution < -0.4 is 0 Å². The molecule has 0 aliphatic heterocycles. The van der Waals surface area contributed by atoms with E-state index < -0.39 is 0 Å². The molecule has 0 rings (SSSR count). The van der Waals surface area contributed by atoms with Gasteiger partial charge in [0.25, 0.3) is 0 Å². The minimum Gasteiger partial charge on any atom is 0 e. The van der Waals surface area contributed by atoms with Gasteiger partial charge in [-0.3, -0.25) is 0 Å². The van der Waals surface area contributed by atoms with Crippen LogP contribution in [-0.4, -0.2) is 0 Å². The van der Waals surface area contributed by atoms with Crippen LogP contribution in [0.4, 0.5) is 0 Å². The zero-order valence-electron chi connectivity index (χ0n) is 3.85. The van der Waals surface area contributed by atoms with Gasteiger partial charge in [0.15, 0.2) is 0 Å². The number of hydrogen-bond acceptors (Lipinski definition) is 0. The van der Waals surface area contributed by atoms with E-state index in [0.717, 1.165) is 0 Å². The Balaban J connectivity index is 0. The Kier molecular flexibility index (Phi) is 233. The van der Waals surface area contributed by atoms with Gasteiger partial charge in [0.1, 0.15) is 0 Å². The summed E-state index contributed by atoms with van der Waals surface area (Å²) in [5.41, 5.74) is 0. The maximum Gasteiger partial charge on any atom is 0 e. The minimum atomic E-state index is 0. The molecule has 0 radical (unpaired) electrons. The first-order valence-corrected chi connectivity index (χ1v) is 0. The van der Waals surface area contributed by atoms with Crippen LogP contribution in [0.2, 0.25) is 0 Å². The maximum atomic E-state index is 0. The van der Waals surface area contributed by atoms with Crippen LogP contribution in [0.25, 0.3) is 0 Å². The van der Waals surface area contributed by atoms with Crippen molar-refractivity contribution in [2.75, 3.05) is 0 Å². The van der Waals surface area contributed by atoms with Gasteiger partial charge in [-0.2, -0.15) is 0 Å². The van der Waals surface area contributed by atoms with Gasteiger partial charge in [0, 0.05) is 153 Å². The zero-order valence-corrected chi connectivity index (χ0v) is 25.0. The summed E-state index contributed by atoms with van der Waals surface area (Å²) in [7, 11) is 0. The van der Waals surface area contributed by atoms with Crippen LogP contribution >= 0.6 is 0 Å². The van der Waals surface area contributed by atoms with Crippen molar-refractivity contribution in [3.05, 3.63) is 0 Å². The van der Waals surface area contributed by atoms with E-state index in [1.165, 1.54) is 0 Å². The van der Waals surface area contributed by atoms with Crippen molar-refractivity contribution in [2.24, 2.45) is 0 Å². The summed E-state index contributed by atoms with van der Waals surface area (Å²) in [6.45, 7) is 0. The predicted molar refractivity (Wildman–Crippen MR) is 0 cm³/mol. The van der Waals surface area contributed by atoms with Gasteiger partial charge < -0.3 is 0 Å². The molecule has 20 valence electrons. The smallest absolute Gasteiger partial charge is 0 e. The molecule has 0 amide bonds. The molecule has 0 spiro atoms. The van der Waals surface area contributed by atoms with Crippen LogP contribution in [-0.2, 0) is 153 Å². The van der Waals surface area contributed by atoms with Crippen molar-refractivity contribution in [2.45, 2.75) is 0 Å². The fraction of sp³-hybridized carbons (Fsp3) is 0. The van der Waals surface area contributed by atoms with Crippen LogP contribution in [0, 0.1) is 0 Å². The fourth-order valence-electron chi connectivity index (χ4n) is 0. The van der Waals surface area contributed by atoms with E-state index in [0.29, 0.717) is 0 Å². The van der Waals surface area contributed by atoms with E-state index in [4.69, 9.17) is 0 Å². The van der Waals surface area contributed by atoms with E-state index in [-0.39, 0.29) is 153 Å². The van der Waals surface area contributed by atoms with Crippen molar-refractivity contribution in [1.29, 1.82) is 0 Å². The largest absolute Gasteiger partial charge is 0 e. The molecule has 0 heterocycles. The Labute approximate surface area is 149 Å². The van der Waals surface area contributed by atoms with Gasteiger partial charge in [-0.15, -0.1) is 0 Å². The third-order valence-electron chi connectivity index (χ3n) is 0. The van der Waals surface area contributed by atoms with Gasteiger partial charge in [0.2, 0.25) is 0 Å². The topological polar surface area (TPSA) is 0 Å². The summed E-state index contributed by atoms with van der Waals surface area (Å²) in [6, 6.07) is 0. The second kappa shape index (κ2) is 32.1. The molecule has 0 atom stereocenters. The Morgan fingerprint density at radius 2 is 0.333 bits per heavy atom. The molecule has 0 saturated heterocycles. The van der Waals surface area contributed by atoms with Crippen LogP contribution in [0.1, 0.15) is 0 Å². The SMILES string of the molecule is [Cd].[Cd].[Cd].[Cd].[Cd].[Ni]. The van der Waals surface area contributed by atoms with Crippen molar-refractivity contribution in [1.82, 2.24) is 0 Å². The van der Waals surface area contributed by atoms with E-state index >= 15 is 0 Å². The Hall–Kier alpha value is 5.10. The molecule has 0 aromatic heterocycles. The average molecular weight is 621 g/mol. The molecule has 0 aliphatic carbocycles. The molecule has 0 aliphatic rings. The molecule has 6 heteroatoms. The Morgan fingerprint density at radius 3 is 0.333 bits per heavy atom. The van der Waals surface area contributed by atoms with E-state index in [1.807, 2.05) is 0 Å². The van der Waals surface area contributed by atoms with Crippen LogP contribution in [0.15, 0.2) is 0 Å². The fourth-order valence-corrected chi connectivity index (χ4v) is 0. The molecule has 0 bridgehead atoms. The molecule has 0 unspecified atom stereocenters. The molecule has 0 nitrogen and oxygen atoms in total. The first kappa shape index (κ1) is 43.5. The van der Waals surface area contributed by atoms with Crippen molar-refractivity contribution >= 4 is 0 Å². The standard InChI is InChI=1S/5Cd.Ni. The summed E-state index contributed by atoms with van der Waals surface area (Å²) in [4.78, 5) is 0. The minimum absolute atomic E-state index is 0. The molecule has 0 aromatic rings. The van der Waals surface area contributed by atoms with E-state index in [1.54, 1.807) is 0 Å². The second-order valence-corrected chi connectivity index (χ2v) is 0. The normalized spacial score (nSPS) is 0. The summed E-state index contributed by atoms with van der Waals surface area (Å²) >= 11 is 0. The summed E-state index contributed by atoms with van der Waals surface area (Å²) in [6.07, 6.45) is 0. The number of hydrogen-bond donors (Lipinski definition) is 0. The predicted octanol–water partition coefficient (Wildman–Crippen LogP) is -0.0150. The molecule has 6 heavy (non-hydrogen) atoms. The van der Waals surface area contributed by atoms with E-state index in [2.05, 4.69) is 0 Å². The average Bonchev–Trinajstić information content (AvgIpc) is 0. The van der Waals surface area contributed by atoms with Gasteiger partial charge in [-0.1, -0.05) is 0 Å². The van der Waals surface area contributed by atoms with Crippen LogP contribution in [0.5, 0.6) is 0 Å². The first-order chi connectivity index (χ1) is 0. The Bertz CT molecular complexity index is 3.90. The van der Waals surface area contributed by atoms with Crippen molar-refractivity contribution < 1.29 is 153 Å². The summed E-state index contributed by atoms with van der Waals surface area (Å²) in [5.74, 6) is 0. The third-order valence-corrected chi connectivity index (χ3v) is 0. The molecule has 0 saturated carbocycles. The van der Waals surface area contributed by atoms with Gasteiger partial charge in [-0.05, 0) is 0 Å². The van der Waals surface area contributed by atoms with E-state index in [9.17, 15) is 0 Å². The summed E-state index contributed by atoms with van der Waals surface area (Å²) < 4.78 is 0. The summed E-state index contributed by atoms with van der Waals surface area (Å²) in [5, 5.41) is 0. The maximum absolute atomic E-state index is 0. The quantitative estimate of drug-likeness (QED) is 0.335. The molecule has 0 fully saturated rings. The third kappa shape index (κ3) is 23.0. The first-order valence-electron chi connectivity index (χ1n) is 0. The molecule has 0 N–H and O–H groups in total. The monoisotopic (exact) mass is 627 g/mol. The van der Waals surface area contributed by atoms with Crippen LogP contribution in [0.3, 0.4) is 0 Å². The second-order valence-electron chi connectivity index (χ2n) is 0. The van der Waals surface area contributed by atoms with Gasteiger partial charge in [-0.25, -0.2) is 0 Å². The Morgan fingerprint density at radius 1 is 0.333 bits per heavy atom. The zero-order chi connectivity index (χ0) is 0. The van der Waals surface area contributed by atoms with Crippen molar-refractivity contribution in [3.8, 4) is 0 Å². The molecular weight excluding hydrogens is 621 g/mol. The molecular formula is Cd5Ni. The van der Waals surface area contributed by atoms with Crippen molar-refractivity contribution in [3.63, 3.8) is 0 Å². The number of rotatable bonds is 0. The van der Waals surface area contributed by atoms with Gasteiger partial charge in [0.05, 0.1) is 0 Å². The van der Waals surface area contributed by atoms with Gasteiger partial charge >= 0.3 is 0 Å². The molecule has 0 aromatic carbocycles.